The van der Waals surface area contributed by atoms with E-state index < -0.39 is 0 Å². The first-order chi connectivity index (χ1) is 9.08. The zero-order valence-electron chi connectivity index (χ0n) is 10.3. The fourth-order valence-electron chi connectivity index (χ4n) is 1.65. The maximum Gasteiger partial charge on any atom is 0.274 e. The standard InChI is InChI=1S/C13H13BrN4O/c1-8(9-3-2-4-10(14)7-9)18-13(19)11-12(15)17-6-5-16-11/h2-8H,1H3,(H2,15,17)(H,18,19). The number of amides is 1. The van der Waals surface area contributed by atoms with Crippen molar-refractivity contribution in [2.75, 3.05) is 5.73 Å². The lowest BCUT2D eigenvalue weighted by atomic mass is 10.1. The van der Waals surface area contributed by atoms with Crippen molar-refractivity contribution in [3.05, 3.63) is 52.4 Å². The number of aromatic nitrogens is 2. The van der Waals surface area contributed by atoms with Crippen LogP contribution in [0, 0.1) is 0 Å². The summed E-state index contributed by atoms with van der Waals surface area (Å²) >= 11 is 3.40. The summed E-state index contributed by atoms with van der Waals surface area (Å²) in [7, 11) is 0. The molecule has 5 nitrogen and oxygen atoms in total. The predicted molar refractivity (Wildman–Crippen MR) is 76.5 cm³/mol. The number of hydrogen-bond acceptors (Lipinski definition) is 4. The van der Waals surface area contributed by atoms with E-state index >= 15 is 0 Å². The van der Waals surface area contributed by atoms with Gasteiger partial charge in [-0.05, 0) is 24.6 Å². The van der Waals surface area contributed by atoms with Gasteiger partial charge in [0.05, 0.1) is 6.04 Å². The summed E-state index contributed by atoms with van der Waals surface area (Å²) in [5.41, 5.74) is 6.75. The first kappa shape index (κ1) is 13.5. The molecule has 1 atom stereocenters. The van der Waals surface area contributed by atoms with Crippen LogP contribution in [-0.4, -0.2) is 15.9 Å². The Morgan fingerprint density at radius 2 is 2.11 bits per heavy atom. The van der Waals surface area contributed by atoms with E-state index in [9.17, 15) is 4.79 Å². The highest BCUT2D eigenvalue weighted by Gasteiger charge is 2.15. The Kier molecular flexibility index (Phi) is 4.11. The second kappa shape index (κ2) is 5.79. The topological polar surface area (TPSA) is 80.9 Å². The van der Waals surface area contributed by atoms with Crippen LogP contribution in [0.15, 0.2) is 41.1 Å². The first-order valence-electron chi connectivity index (χ1n) is 5.70. The highest BCUT2D eigenvalue weighted by atomic mass is 79.9. The molecule has 2 rings (SSSR count). The molecule has 0 aliphatic heterocycles. The van der Waals surface area contributed by atoms with Gasteiger partial charge in [-0.25, -0.2) is 9.97 Å². The third kappa shape index (κ3) is 3.29. The van der Waals surface area contributed by atoms with Crippen LogP contribution < -0.4 is 11.1 Å². The van der Waals surface area contributed by atoms with E-state index in [4.69, 9.17) is 5.73 Å². The van der Waals surface area contributed by atoms with Crippen LogP contribution in [0.2, 0.25) is 0 Å². The minimum absolute atomic E-state index is 0.126. The number of nitrogen functional groups attached to an aromatic ring is 1. The van der Waals surface area contributed by atoms with E-state index in [0.717, 1.165) is 10.0 Å². The third-order valence-electron chi connectivity index (χ3n) is 2.64. The number of nitrogens with zero attached hydrogens (tertiary/aromatic N) is 2. The number of hydrogen-bond donors (Lipinski definition) is 2. The van der Waals surface area contributed by atoms with Gasteiger partial charge in [-0.15, -0.1) is 0 Å². The number of carbonyl (C=O) groups is 1. The molecule has 1 heterocycles. The van der Waals surface area contributed by atoms with Gasteiger partial charge in [-0.2, -0.15) is 0 Å². The number of nitrogens with one attached hydrogen (secondary N) is 1. The summed E-state index contributed by atoms with van der Waals surface area (Å²) in [6.07, 6.45) is 2.89. The largest absolute Gasteiger partial charge is 0.382 e. The summed E-state index contributed by atoms with van der Waals surface area (Å²) in [4.78, 5) is 19.8. The second-order valence-corrected chi connectivity index (χ2v) is 4.96. The number of carbonyl (C=O) groups excluding carboxylic acids is 1. The van der Waals surface area contributed by atoms with Crippen molar-refractivity contribution >= 4 is 27.7 Å². The lowest BCUT2D eigenvalue weighted by Gasteiger charge is -2.14. The lowest BCUT2D eigenvalue weighted by Crippen LogP contribution is -2.28. The van der Waals surface area contributed by atoms with Crippen LogP contribution in [0.3, 0.4) is 0 Å². The normalized spacial score (nSPS) is 11.9. The van der Waals surface area contributed by atoms with Gasteiger partial charge in [0, 0.05) is 16.9 Å². The molecular weight excluding hydrogens is 308 g/mol. The van der Waals surface area contributed by atoms with Crippen molar-refractivity contribution in [1.82, 2.24) is 15.3 Å². The Hall–Kier alpha value is -1.95. The van der Waals surface area contributed by atoms with Crippen molar-refractivity contribution in [3.63, 3.8) is 0 Å². The van der Waals surface area contributed by atoms with Crippen molar-refractivity contribution in [3.8, 4) is 0 Å². The Balaban J connectivity index is 2.13. The molecule has 0 aliphatic rings. The van der Waals surface area contributed by atoms with Gasteiger partial charge in [0.25, 0.3) is 5.91 Å². The summed E-state index contributed by atoms with van der Waals surface area (Å²) in [6, 6.07) is 7.59. The maximum absolute atomic E-state index is 12.0. The zero-order valence-corrected chi connectivity index (χ0v) is 11.9. The van der Waals surface area contributed by atoms with Gasteiger partial charge >= 0.3 is 0 Å². The summed E-state index contributed by atoms with van der Waals surface area (Å²) in [5, 5.41) is 2.84. The number of rotatable bonds is 3. The molecule has 1 unspecified atom stereocenters. The minimum atomic E-state index is -0.335. The quantitative estimate of drug-likeness (QED) is 0.909. The minimum Gasteiger partial charge on any atom is -0.382 e. The molecule has 2 aromatic rings. The zero-order chi connectivity index (χ0) is 13.8. The van der Waals surface area contributed by atoms with Crippen LogP contribution >= 0.6 is 15.9 Å². The van der Waals surface area contributed by atoms with Crippen LogP contribution in [0.4, 0.5) is 5.82 Å². The van der Waals surface area contributed by atoms with Crippen molar-refractivity contribution in [1.29, 1.82) is 0 Å². The number of benzene rings is 1. The fourth-order valence-corrected chi connectivity index (χ4v) is 2.06. The van der Waals surface area contributed by atoms with E-state index in [1.54, 1.807) is 0 Å². The van der Waals surface area contributed by atoms with Gasteiger partial charge in [0.1, 0.15) is 0 Å². The second-order valence-electron chi connectivity index (χ2n) is 4.04. The van der Waals surface area contributed by atoms with Crippen LogP contribution in [-0.2, 0) is 0 Å². The number of anilines is 1. The number of halogens is 1. The monoisotopic (exact) mass is 320 g/mol. The lowest BCUT2D eigenvalue weighted by molar-refractivity contribution is 0.0935. The molecule has 0 saturated heterocycles. The molecular formula is C13H13BrN4O. The molecule has 3 N–H and O–H groups in total. The molecule has 1 aromatic heterocycles. The first-order valence-corrected chi connectivity index (χ1v) is 6.50. The van der Waals surface area contributed by atoms with Gasteiger partial charge in [-0.1, -0.05) is 28.1 Å². The molecule has 0 bridgehead atoms. The predicted octanol–water partition coefficient (Wildman–Crippen LogP) is 2.31. The van der Waals surface area contributed by atoms with Crippen LogP contribution in [0.1, 0.15) is 29.0 Å². The van der Waals surface area contributed by atoms with Gasteiger partial charge < -0.3 is 11.1 Å². The van der Waals surface area contributed by atoms with E-state index in [0.29, 0.717) is 0 Å². The maximum atomic E-state index is 12.0. The number of nitrogens with two attached hydrogens (primary N) is 1. The Morgan fingerprint density at radius 1 is 1.37 bits per heavy atom. The summed E-state index contributed by atoms with van der Waals surface area (Å²) in [5.74, 6) is -0.209. The Bertz CT molecular complexity index is 603. The molecule has 0 fully saturated rings. The molecule has 0 saturated carbocycles. The molecule has 0 aliphatic carbocycles. The van der Waals surface area contributed by atoms with Crippen molar-refractivity contribution in [2.24, 2.45) is 0 Å². The molecule has 0 radical (unpaired) electrons. The average Bonchev–Trinajstić information content (AvgIpc) is 2.39. The molecule has 6 heteroatoms. The van der Waals surface area contributed by atoms with E-state index in [1.807, 2.05) is 31.2 Å². The van der Waals surface area contributed by atoms with Gasteiger partial charge in [0.15, 0.2) is 11.5 Å². The fraction of sp³-hybridized carbons (Fsp3) is 0.154. The van der Waals surface area contributed by atoms with E-state index in [2.05, 4.69) is 31.2 Å². The van der Waals surface area contributed by atoms with Gasteiger partial charge in [0.2, 0.25) is 0 Å². The SMILES string of the molecule is CC(NC(=O)c1nccnc1N)c1cccc(Br)c1. The molecule has 1 aromatic carbocycles. The third-order valence-corrected chi connectivity index (χ3v) is 3.13. The highest BCUT2D eigenvalue weighted by Crippen LogP contribution is 2.18. The highest BCUT2D eigenvalue weighted by molar-refractivity contribution is 9.10. The molecule has 98 valence electrons. The Morgan fingerprint density at radius 3 is 2.79 bits per heavy atom. The molecule has 0 spiro atoms. The Labute approximate surface area is 119 Å². The van der Waals surface area contributed by atoms with Crippen LogP contribution in [0.25, 0.3) is 0 Å². The molecule has 19 heavy (non-hydrogen) atoms. The smallest absolute Gasteiger partial charge is 0.274 e. The van der Waals surface area contributed by atoms with Crippen LogP contribution in [0.5, 0.6) is 0 Å². The van der Waals surface area contributed by atoms with Gasteiger partial charge in [-0.3, -0.25) is 4.79 Å². The van der Waals surface area contributed by atoms with Crippen molar-refractivity contribution in [2.45, 2.75) is 13.0 Å². The van der Waals surface area contributed by atoms with Crippen molar-refractivity contribution < 1.29 is 4.79 Å². The van der Waals surface area contributed by atoms with E-state index in [-0.39, 0.29) is 23.5 Å². The summed E-state index contributed by atoms with van der Waals surface area (Å²) < 4.78 is 0.963. The molecule has 1 amide bonds. The summed E-state index contributed by atoms with van der Waals surface area (Å²) in [6.45, 7) is 1.90. The van der Waals surface area contributed by atoms with E-state index in [1.165, 1.54) is 12.4 Å². The average molecular weight is 321 g/mol.